The molecule has 2 aliphatic heterocycles. The number of ether oxygens (including phenoxy) is 1. The highest BCUT2D eigenvalue weighted by Gasteiger charge is 2.41. The van der Waals surface area contributed by atoms with Crippen LogP contribution in [0.5, 0.6) is 10.9 Å². The highest BCUT2D eigenvalue weighted by molar-refractivity contribution is 7.20. The maximum atomic E-state index is 11.4. The van der Waals surface area contributed by atoms with Crippen LogP contribution < -0.4 is 10.1 Å². The molecule has 1 N–H and O–H groups in total. The molecule has 0 radical (unpaired) electrons. The lowest BCUT2D eigenvalue weighted by Crippen LogP contribution is -2.49. The van der Waals surface area contributed by atoms with Crippen LogP contribution in [0.2, 0.25) is 0 Å². The van der Waals surface area contributed by atoms with Crippen molar-refractivity contribution >= 4 is 38.7 Å². The van der Waals surface area contributed by atoms with Gasteiger partial charge in [0.15, 0.2) is 17.0 Å². The number of carbonyl (C=O) groups is 1. The van der Waals surface area contributed by atoms with E-state index < -0.39 is 0 Å². The van der Waals surface area contributed by atoms with Gasteiger partial charge in [0.2, 0.25) is 5.91 Å². The standard InChI is InChI=1S/C23H23N5O3S/c1-13(29)26-14-7-15-4-5-16(8-14)28(15)12-18-9-19-20(30-18)10-17(11-25-19)31-23-27-22-21(32-23)3-2-6-24-22/h2-3,6,9-11,14-16H,4-5,7-8,12H2,1H3,(H,26,29)/t14?,15-,16+. The lowest BCUT2D eigenvalue weighted by atomic mass is 9.97. The molecule has 6 heterocycles. The third-order valence-corrected chi connectivity index (χ3v) is 7.26. The third kappa shape index (κ3) is 3.71. The van der Waals surface area contributed by atoms with Gasteiger partial charge in [-0.1, -0.05) is 11.3 Å². The van der Waals surface area contributed by atoms with E-state index in [4.69, 9.17) is 9.15 Å². The molecule has 6 rings (SSSR count). The van der Waals surface area contributed by atoms with Crippen molar-refractivity contribution in [1.82, 2.24) is 25.2 Å². The predicted octanol–water partition coefficient (Wildman–Crippen LogP) is 4.26. The van der Waals surface area contributed by atoms with Gasteiger partial charge >= 0.3 is 0 Å². The predicted molar refractivity (Wildman–Crippen MR) is 121 cm³/mol. The fourth-order valence-electron chi connectivity index (χ4n) is 5.10. The quantitative estimate of drug-likeness (QED) is 0.487. The lowest BCUT2D eigenvalue weighted by Gasteiger charge is -2.38. The topological polar surface area (TPSA) is 93.4 Å². The van der Waals surface area contributed by atoms with Gasteiger partial charge in [-0.3, -0.25) is 9.69 Å². The summed E-state index contributed by atoms with van der Waals surface area (Å²) in [4.78, 5) is 27.2. The van der Waals surface area contributed by atoms with Gasteiger partial charge in [-0.05, 0) is 37.8 Å². The Morgan fingerprint density at radius 2 is 2.12 bits per heavy atom. The lowest BCUT2D eigenvalue weighted by molar-refractivity contribution is -0.120. The minimum atomic E-state index is 0.0614. The van der Waals surface area contributed by atoms with E-state index in [0.717, 1.165) is 35.4 Å². The molecule has 1 amide bonds. The van der Waals surface area contributed by atoms with Crippen LogP contribution in [0.1, 0.15) is 38.4 Å². The Balaban J connectivity index is 1.17. The van der Waals surface area contributed by atoms with Crippen LogP contribution in [0.25, 0.3) is 21.4 Å². The monoisotopic (exact) mass is 449 g/mol. The summed E-state index contributed by atoms with van der Waals surface area (Å²) >= 11 is 1.45. The van der Waals surface area contributed by atoms with Gasteiger partial charge in [0.1, 0.15) is 11.3 Å². The number of hydrogen-bond acceptors (Lipinski definition) is 8. The highest BCUT2D eigenvalue weighted by Crippen LogP contribution is 2.38. The average molecular weight is 450 g/mol. The summed E-state index contributed by atoms with van der Waals surface area (Å²) in [6.07, 6.45) is 7.78. The second kappa shape index (κ2) is 7.83. The molecule has 2 bridgehead atoms. The summed E-state index contributed by atoms with van der Waals surface area (Å²) in [5.41, 5.74) is 2.20. The normalized spacial score (nSPS) is 23.1. The van der Waals surface area contributed by atoms with Crippen LogP contribution in [0.15, 0.2) is 41.1 Å². The molecule has 4 aromatic rings. The first-order chi connectivity index (χ1) is 15.6. The summed E-state index contributed by atoms with van der Waals surface area (Å²) in [7, 11) is 0. The third-order valence-electron chi connectivity index (χ3n) is 6.38. The number of carbonyl (C=O) groups excluding carboxylic acids is 1. The maximum absolute atomic E-state index is 11.4. The van der Waals surface area contributed by atoms with E-state index in [1.54, 1.807) is 19.3 Å². The summed E-state index contributed by atoms with van der Waals surface area (Å²) < 4.78 is 13.0. The molecule has 0 aliphatic carbocycles. The van der Waals surface area contributed by atoms with Crippen molar-refractivity contribution in [3.63, 3.8) is 0 Å². The Labute approximate surface area is 188 Å². The molecule has 32 heavy (non-hydrogen) atoms. The van der Waals surface area contributed by atoms with Crippen LogP contribution in [-0.2, 0) is 11.3 Å². The van der Waals surface area contributed by atoms with Crippen LogP contribution in [-0.4, -0.2) is 43.9 Å². The number of piperidine rings is 1. The van der Waals surface area contributed by atoms with Gasteiger partial charge in [-0.25, -0.2) is 9.97 Å². The fraction of sp³-hybridized carbons (Fsp3) is 0.391. The Hall–Kier alpha value is -3.04. The molecule has 9 heteroatoms. The van der Waals surface area contributed by atoms with E-state index in [0.29, 0.717) is 34.3 Å². The second-order valence-electron chi connectivity index (χ2n) is 8.60. The first-order valence-electron chi connectivity index (χ1n) is 10.9. The number of pyridine rings is 2. The molecule has 0 spiro atoms. The number of fused-ring (bicyclic) bond motifs is 4. The Kier molecular flexibility index (Phi) is 4.80. The molecule has 2 saturated heterocycles. The molecule has 8 nitrogen and oxygen atoms in total. The summed E-state index contributed by atoms with van der Waals surface area (Å²) in [6.45, 7) is 2.36. The smallest absolute Gasteiger partial charge is 0.281 e. The van der Waals surface area contributed by atoms with Crippen molar-refractivity contribution in [1.29, 1.82) is 0 Å². The SMILES string of the molecule is CC(=O)NC1C[C@H]2CC[C@@H](C1)N2Cc1cc2ncc(Oc3nc4ncccc4s3)cc2o1. The van der Waals surface area contributed by atoms with Crippen molar-refractivity contribution in [2.75, 3.05) is 0 Å². The maximum Gasteiger partial charge on any atom is 0.281 e. The number of nitrogens with zero attached hydrogens (tertiary/aromatic N) is 4. The first-order valence-corrected chi connectivity index (χ1v) is 11.7. The van der Waals surface area contributed by atoms with E-state index >= 15 is 0 Å². The van der Waals surface area contributed by atoms with Crippen LogP contribution >= 0.6 is 11.3 Å². The summed E-state index contributed by atoms with van der Waals surface area (Å²) in [5.74, 6) is 1.56. The average Bonchev–Trinajstić information content (AvgIpc) is 3.41. The van der Waals surface area contributed by atoms with Crippen LogP contribution in [0.4, 0.5) is 0 Å². The van der Waals surface area contributed by atoms with Gasteiger partial charge in [-0.2, -0.15) is 4.98 Å². The first kappa shape index (κ1) is 19.6. The van der Waals surface area contributed by atoms with E-state index in [1.807, 2.05) is 24.3 Å². The minimum absolute atomic E-state index is 0.0614. The second-order valence-corrected chi connectivity index (χ2v) is 9.59. The van der Waals surface area contributed by atoms with Crippen molar-refractivity contribution in [3.8, 4) is 10.9 Å². The molecular weight excluding hydrogens is 426 g/mol. The van der Waals surface area contributed by atoms with Gasteiger partial charge in [0.05, 0.1) is 17.4 Å². The number of furan rings is 1. The minimum Gasteiger partial charge on any atom is -0.458 e. The molecule has 3 atom stereocenters. The number of rotatable bonds is 5. The highest BCUT2D eigenvalue weighted by atomic mass is 32.1. The number of thiazole rings is 1. The molecule has 2 fully saturated rings. The zero-order valence-corrected chi connectivity index (χ0v) is 18.5. The zero-order chi connectivity index (χ0) is 21.7. The molecule has 0 saturated carbocycles. The summed E-state index contributed by atoms with van der Waals surface area (Å²) in [6, 6.07) is 8.99. The van der Waals surface area contributed by atoms with Crippen molar-refractivity contribution < 1.29 is 13.9 Å². The van der Waals surface area contributed by atoms with E-state index in [2.05, 4.69) is 25.2 Å². The Bertz CT molecular complexity index is 1250. The van der Waals surface area contributed by atoms with Crippen molar-refractivity contribution in [2.24, 2.45) is 0 Å². The largest absolute Gasteiger partial charge is 0.458 e. The number of hydrogen-bond donors (Lipinski definition) is 1. The molecule has 2 aliphatic rings. The van der Waals surface area contributed by atoms with Crippen LogP contribution in [0.3, 0.4) is 0 Å². The zero-order valence-electron chi connectivity index (χ0n) is 17.7. The Morgan fingerprint density at radius 3 is 2.91 bits per heavy atom. The number of nitrogens with one attached hydrogen (secondary N) is 1. The fourth-order valence-corrected chi connectivity index (χ4v) is 5.89. The van der Waals surface area contributed by atoms with Gasteiger partial charge < -0.3 is 14.5 Å². The molecule has 4 aromatic heterocycles. The van der Waals surface area contributed by atoms with Gasteiger partial charge in [0, 0.05) is 43.4 Å². The van der Waals surface area contributed by atoms with Crippen LogP contribution in [0, 0.1) is 0 Å². The van der Waals surface area contributed by atoms with Crippen molar-refractivity contribution in [2.45, 2.75) is 57.3 Å². The molecule has 164 valence electrons. The van der Waals surface area contributed by atoms with Crippen molar-refractivity contribution in [3.05, 3.63) is 42.4 Å². The number of aromatic nitrogens is 3. The van der Waals surface area contributed by atoms with Gasteiger partial charge in [0.25, 0.3) is 5.19 Å². The molecular formula is C23H23N5O3S. The molecule has 1 unspecified atom stereocenters. The van der Waals surface area contributed by atoms with E-state index in [1.165, 1.54) is 24.2 Å². The summed E-state index contributed by atoms with van der Waals surface area (Å²) in [5, 5.41) is 3.63. The van der Waals surface area contributed by atoms with E-state index in [-0.39, 0.29) is 11.9 Å². The number of amides is 1. The van der Waals surface area contributed by atoms with E-state index in [9.17, 15) is 4.79 Å². The Morgan fingerprint density at radius 1 is 1.28 bits per heavy atom. The molecule has 0 aromatic carbocycles. The van der Waals surface area contributed by atoms with Gasteiger partial charge in [-0.15, -0.1) is 0 Å².